The molecule has 148 valence electrons. The molecule has 3 rings (SSSR count). The molecule has 0 unspecified atom stereocenters. The van der Waals surface area contributed by atoms with Gasteiger partial charge in [-0.05, 0) is 55.0 Å². The minimum absolute atomic E-state index is 0.165. The van der Waals surface area contributed by atoms with Gasteiger partial charge in [-0.3, -0.25) is 4.79 Å². The minimum Gasteiger partial charge on any atom is -0.493 e. The van der Waals surface area contributed by atoms with Crippen molar-refractivity contribution in [3.63, 3.8) is 0 Å². The maximum atomic E-state index is 12.3. The summed E-state index contributed by atoms with van der Waals surface area (Å²) in [4.78, 5) is 23.2. The first-order valence-electron chi connectivity index (χ1n) is 9.44. The second kappa shape index (κ2) is 9.37. The first kappa shape index (κ1) is 19.9. The van der Waals surface area contributed by atoms with E-state index in [2.05, 4.69) is 5.32 Å². The molecule has 0 aliphatic carbocycles. The average molecular weight is 383 g/mol. The number of ether oxygens (including phenoxy) is 2. The van der Waals surface area contributed by atoms with Crippen molar-refractivity contribution in [3.05, 3.63) is 59.2 Å². The van der Waals surface area contributed by atoms with Crippen LogP contribution in [0.3, 0.4) is 0 Å². The third-order valence-corrected chi connectivity index (χ3v) is 4.85. The SMILES string of the molecule is Cc1ccc(NC(=O)Cc2ccc(C(=O)O)cc2)cc1OCC1CCOCC1. The molecule has 1 amide bonds. The number of aromatic carboxylic acids is 1. The van der Waals surface area contributed by atoms with Gasteiger partial charge < -0.3 is 19.9 Å². The zero-order chi connectivity index (χ0) is 19.9. The normalized spacial score (nSPS) is 14.5. The van der Waals surface area contributed by atoms with Crippen molar-refractivity contribution in [3.8, 4) is 5.75 Å². The van der Waals surface area contributed by atoms with Gasteiger partial charge in [0.2, 0.25) is 5.91 Å². The predicted octanol–water partition coefficient (Wildman–Crippen LogP) is 3.68. The van der Waals surface area contributed by atoms with Crippen molar-refractivity contribution < 1.29 is 24.2 Å². The van der Waals surface area contributed by atoms with E-state index in [1.54, 1.807) is 12.1 Å². The quantitative estimate of drug-likeness (QED) is 0.762. The van der Waals surface area contributed by atoms with Crippen molar-refractivity contribution >= 4 is 17.6 Å². The molecule has 28 heavy (non-hydrogen) atoms. The van der Waals surface area contributed by atoms with E-state index >= 15 is 0 Å². The monoisotopic (exact) mass is 383 g/mol. The summed E-state index contributed by atoms with van der Waals surface area (Å²) < 4.78 is 11.4. The van der Waals surface area contributed by atoms with E-state index in [0.29, 0.717) is 18.2 Å². The highest BCUT2D eigenvalue weighted by atomic mass is 16.5. The molecule has 1 saturated heterocycles. The standard InChI is InChI=1S/C22H25NO5/c1-15-2-7-19(13-20(15)28-14-17-8-10-27-11-9-17)23-21(24)12-16-3-5-18(6-4-16)22(25)26/h2-7,13,17H,8-12,14H2,1H3,(H,23,24)(H,25,26). The number of amides is 1. The summed E-state index contributed by atoms with van der Waals surface area (Å²) in [6, 6.07) is 11.9. The van der Waals surface area contributed by atoms with Crippen molar-refractivity contribution in [1.82, 2.24) is 0 Å². The molecule has 0 radical (unpaired) electrons. The van der Waals surface area contributed by atoms with Crippen LogP contribution in [-0.2, 0) is 16.0 Å². The maximum Gasteiger partial charge on any atom is 0.335 e. The molecular weight excluding hydrogens is 358 g/mol. The van der Waals surface area contributed by atoms with Gasteiger partial charge in [0.05, 0.1) is 18.6 Å². The molecule has 1 fully saturated rings. The molecule has 2 aromatic rings. The molecule has 1 aliphatic heterocycles. The van der Waals surface area contributed by atoms with Crippen LogP contribution in [0.2, 0.25) is 0 Å². The third kappa shape index (κ3) is 5.57. The number of nitrogens with one attached hydrogen (secondary N) is 1. The van der Waals surface area contributed by atoms with Crippen molar-refractivity contribution in [2.45, 2.75) is 26.2 Å². The van der Waals surface area contributed by atoms with Crippen LogP contribution in [0.5, 0.6) is 5.75 Å². The molecule has 0 saturated carbocycles. The van der Waals surface area contributed by atoms with E-state index in [-0.39, 0.29) is 17.9 Å². The molecule has 0 atom stereocenters. The lowest BCUT2D eigenvalue weighted by Crippen LogP contribution is -2.21. The van der Waals surface area contributed by atoms with Crippen molar-refractivity contribution in [2.24, 2.45) is 5.92 Å². The number of benzene rings is 2. The molecular formula is C22H25NO5. The van der Waals surface area contributed by atoms with E-state index in [0.717, 1.165) is 42.9 Å². The summed E-state index contributed by atoms with van der Waals surface area (Å²) in [5, 5.41) is 11.8. The number of hydrogen-bond acceptors (Lipinski definition) is 4. The second-order valence-corrected chi connectivity index (χ2v) is 7.07. The summed E-state index contributed by atoms with van der Waals surface area (Å²) in [6.45, 7) is 4.21. The molecule has 1 heterocycles. The van der Waals surface area contributed by atoms with Crippen LogP contribution in [0.25, 0.3) is 0 Å². The van der Waals surface area contributed by atoms with Crippen LogP contribution in [0.4, 0.5) is 5.69 Å². The molecule has 6 heteroatoms. The van der Waals surface area contributed by atoms with E-state index in [4.69, 9.17) is 14.6 Å². The lowest BCUT2D eigenvalue weighted by Gasteiger charge is -2.22. The molecule has 0 bridgehead atoms. The van der Waals surface area contributed by atoms with Gasteiger partial charge in [0.15, 0.2) is 0 Å². The fraction of sp³-hybridized carbons (Fsp3) is 0.364. The lowest BCUT2D eigenvalue weighted by molar-refractivity contribution is -0.115. The molecule has 1 aliphatic rings. The summed E-state index contributed by atoms with van der Waals surface area (Å²) in [5.41, 5.74) is 2.66. The number of carbonyl (C=O) groups is 2. The molecule has 2 N–H and O–H groups in total. The van der Waals surface area contributed by atoms with E-state index in [1.807, 2.05) is 25.1 Å². The Hall–Kier alpha value is -2.86. The second-order valence-electron chi connectivity index (χ2n) is 7.07. The summed E-state index contributed by atoms with van der Waals surface area (Å²) >= 11 is 0. The largest absolute Gasteiger partial charge is 0.493 e. The Morgan fingerprint density at radius 2 is 1.86 bits per heavy atom. The fourth-order valence-electron chi connectivity index (χ4n) is 3.11. The van der Waals surface area contributed by atoms with Gasteiger partial charge in [0.25, 0.3) is 0 Å². The highest BCUT2D eigenvalue weighted by molar-refractivity contribution is 5.93. The molecule has 0 aromatic heterocycles. The van der Waals surface area contributed by atoms with E-state index in [9.17, 15) is 9.59 Å². The summed E-state index contributed by atoms with van der Waals surface area (Å²) in [6.07, 6.45) is 2.19. The van der Waals surface area contributed by atoms with Crippen molar-refractivity contribution in [1.29, 1.82) is 0 Å². The van der Waals surface area contributed by atoms with Crippen LogP contribution in [-0.4, -0.2) is 36.8 Å². The van der Waals surface area contributed by atoms with Crippen LogP contribution in [0, 0.1) is 12.8 Å². The lowest BCUT2D eigenvalue weighted by atomic mass is 10.0. The summed E-state index contributed by atoms with van der Waals surface area (Å²) in [7, 11) is 0. The van der Waals surface area contributed by atoms with E-state index in [1.165, 1.54) is 12.1 Å². The van der Waals surface area contributed by atoms with Gasteiger partial charge in [-0.25, -0.2) is 4.79 Å². The van der Waals surface area contributed by atoms with Crippen LogP contribution in [0.15, 0.2) is 42.5 Å². The Bertz CT molecular complexity index is 825. The van der Waals surface area contributed by atoms with Gasteiger partial charge >= 0.3 is 5.97 Å². The average Bonchev–Trinajstić information content (AvgIpc) is 2.69. The fourth-order valence-corrected chi connectivity index (χ4v) is 3.11. The van der Waals surface area contributed by atoms with Crippen LogP contribution >= 0.6 is 0 Å². The number of aryl methyl sites for hydroxylation is 1. The minimum atomic E-state index is -0.982. The summed E-state index contributed by atoms with van der Waals surface area (Å²) in [5.74, 6) is 0.126. The van der Waals surface area contributed by atoms with Gasteiger partial charge in [-0.1, -0.05) is 18.2 Å². The molecule has 6 nitrogen and oxygen atoms in total. The highest BCUT2D eigenvalue weighted by Gasteiger charge is 2.15. The Morgan fingerprint density at radius 1 is 1.14 bits per heavy atom. The smallest absolute Gasteiger partial charge is 0.335 e. The van der Waals surface area contributed by atoms with Crippen LogP contribution < -0.4 is 10.1 Å². The van der Waals surface area contributed by atoms with Crippen LogP contribution in [0.1, 0.15) is 34.3 Å². The molecule has 2 aromatic carbocycles. The third-order valence-electron chi connectivity index (χ3n) is 4.85. The number of carboxylic acids is 1. The Morgan fingerprint density at radius 3 is 2.54 bits per heavy atom. The van der Waals surface area contributed by atoms with Crippen molar-refractivity contribution in [2.75, 3.05) is 25.1 Å². The zero-order valence-corrected chi connectivity index (χ0v) is 15.9. The molecule has 0 spiro atoms. The van der Waals surface area contributed by atoms with Gasteiger partial charge in [0.1, 0.15) is 5.75 Å². The number of anilines is 1. The number of hydrogen-bond donors (Lipinski definition) is 2. The Balaban J connectivity index is 1.57. The Kier molecular flexibility index (Phi) is 6.66. The highest BCUT2D eigenvalue weighted by Crippen LogP contribution is 2.25. The first-order chi connectivity index (χ1) is 13.5. The van der Waals surface area contributed by atoms with Gasteiger partial charge in [-0.2, -0.15) is 0 Å². The zero-order valence-electron chi connectivity index (χ0n) is 15.9. The van der Waals surface area contributed by atoms with Gasteiger partial charge in [0, 0.05) is 25.0 Å². The number of carboxylic acid groups (broad SMARTS) is 1. The maximum absolute atomic E-state index is 12.3. The number of rotatable bonds is 7. The first-order valence-corrected chi connectivity index (χ1v) is 9.44. The van der Waals surface area contributed by atoms with E-state index < -0.39 is 5.97 Å². The topological polar surface area (TPSA) is 84.9 Å². The van der Waals surface area contributed by atoms with Gasteiger partial charge in [-0.15, -0.1) is 0 Å². The Labute approximate surface area is 164 Å². The predicted molar refractivity (Wildman–Crippen MR) is 106 cm³/mol. The number of carbonyl (C=O) groups excluding carboxylic acids is 1.